The summed E-state index contributed by atoms with van der Waals surface area (Å²) < 4.78 is 6.57. The van der Waals surface area contributed by atoms with Crippen LogP contribution in [0.5, 0.6) is 0 Å². The summed E-state index contributed by atoms with van der Waals surface area (Å²) in [6.45, 7) is 21.9. The number of unbranched alkanes of at least 4 members (excludes halogenated alkanes) is 3. The van der Waals surface area contributed by atoms with E-state index in [4.69, 9.17) is 4.43 Å². The van der Waals surface area contributed by atoms with Crippen LogP contribution in [0.25, 0.3) is 0 Å². The monoisotopic (exact) mass is 350 g/mol. The van der Waals surface area contributed by atoms with Crippen molar-refractivity contribution in [1.29, 1.82) is 0 Å². The average Bonchev–Trinajstić information content (AvgIpc) is 2.48. The van der Waals surface area contributed by atoms with Crippen molar-refractivity contribution >= 4 is 8.32 Å². The van der Waals surface area contributed by atoms with Gasteiger partial charge < -0.3 is 4.43 Å². The molecule has 1 aliphatic carbocycles. The molecule has 0 fully saturated rings. The molecule has 1 rings (SSSR count). The van der Waals surface area contributed by atoms with Gasteiger partial charge in [-0.2, -0.15) is 0 Å². The predicted octanol–water partition coefficient (Wildman–Crippen LogP) is 7.51. The van der Waals surface area contributed by atoms with Gasteiger partial charge in [0, 0.05) is 12.0 Å². The van der Waals surface area contributed by atoms with E-state index in [0.29, 0.717) is 5.92 Å². The third-order valence-electron chi connectivity index (χ3n) is 6.66. The second-order valence-electron chi connectivity index (χ2n) is 9.63. The second-order valence-corrected chi connectivity index (χ2v) is 14.4. The van der Waals surface area contributed by atoms with E-state index in [0.717, 1.165) is 6.61 Å². The van der Waals surface area contributed by atoms with E-state index in [1.807, 2.05) is 0 Å². The van der Waals surface area contributed by atoms with E-state index in [1.165, 1.54) is 32.1 Å². The Morgan fingerprint density at radius 3 is 2.33 bits per heavy atom. The van der Waals surface area contributed by atoms with Crippen molar-refractivity contribution in [3.63, 3.8) is 0 Å². The maximum atomic E-state index is 6.57. The van der Waals surface area contributed by atoms with Gasteiger partial charge in [-0.1, -0.05) is 78.5 Å². The lowest BCUT2D eigenvalue weighted by molar-refractivity contribution is 0.150. The van der Waals surface area contributed by atoms with Gasteiger partial charge in [-0.3, -0.25) is 0 Å². The Morgan fingerprint density at radius 2 is 1.79 bits per heavy atom. The molecule has 140 valence electrons. The van der Waals surface area contributed by atoms with E-state index in [1.54, 1.807) is 11.1 Å². The van der Waals surface area contributed by atoms with Crippen molar-refractivity contribution in [2.45, 2.75) is 98.7 Å². The molecule has 0 aromatic rings. The Hall–Kier alpha value is -0.343. The summed E-state index contributed by atoms with van der Waals surface area (Å²) in [5.41, 5.74) is 3.28. The van der Waals surface area contributed by atoms with Crippen LogP contribution in [0.3, 0.4) is 0 Å². The van der Waals surface area contributed by atoms with Crippen LogP contribution in [0.2, 0.25) is 18.1 Å². The Balaban J connectivity index is 2.72. The van der Waals surface area contributed by atoms with Crippen molar-refractivity contribution in [3.8, 4) is 0 Å². The normalized spacial score (nSPS) is 25.5. The number of rotatable bonds is 8. The lowest BCUT2D eigenvalue weighted by atomic mass is 9.70. The van der Waals surface area contributed by atoms with Crippen molar-refractivity contribution in [3.05, 3.63) is 23.3 Å². The standard InChI is InChI=1S/C22H42OSi/c1-10-11-12-13-14-20-15-16-22(7,19(3)18(20)2)17-23-24(8,9)21(4,5)6/h15-16,19H,10-14,17H2,1-9H3/t19-,22-/m0/s1. The van der Waals surface area contributed by atoms with Crippen LogP contribution in [0.15, 0.2) is 23.3 Å². The van der Waals surface area contributed by atoms with Gasteiger partial charge in [-0.25, -0.2) is 0 Å². The first-order valence-electron chi connectivity index (χ1n) is 9.97. The summed E-state index contributed by atoms with van der Waals surface area (Å²) in [5.74, 6) is 0.563. The lowest BCUT2D eigenvalue weighted by Crippen LogP contribution is -2.44. The van der Waals surface area contributed by atoms with Crippen LogP contribution in [0, 0.1) is 11.3 Å². The SMILES string of the molecule is CCCCCCC1=C(C)[C@H](C)[C@](C)(CO[Si](C)(C)C(C)(C)C)C=C1. The summed E-state index contributed by atoms with van der Waals surface area (Å²) in [5, 5.41) is 0.278. The Bertz CT molecular complexity index is 467. The summed E-state index contributed by atoms with van der Waals surface area (Å²) in [6.07, 6.45) is 11.4. The fraction of sp³-hybridized carbons (Fsp3) is 0.818. The number of allylic oxidation sites excluding steroid dienone is 3. The topological polar surface area (TPSA) is 9.23 Å². The molecule has 0 aromatic carbocycles. The highest BCUT2D eigenvalue weighted by molar-refractivity contribution is 6.74. The summed E-state index contributed by atoms with van der Waals surface area (Å²) in [7, 11) is -1.68. The van der Waals surface area contributed by atoms with Crippen LogP contribution < -0.4 is 0 Å². The summed E-state index contributed by atoms with van der Waals surface area (Å²) >= 11 is 0. The van der Waals surface area contributed by atoms with E-state index < -0.39 is 8.32 Å². The van der Waals surface area contributed by atoms with Crippen LogP contribution >= 0.6 is 0 Å². The van der Waals surface area contributed by atoms with Crippen molar-refractivity contribution in [1.82, 2.24) is 0 Å². The molecule has 24 heavy (non-hydrogen) atoms. The first-order valence-corrected chi connectivity index (χ1v) is 12.9. The quantitative estimate of drug-likeness (QED) is 0.325. The van der Waals surface area contributed by atoms with E-state index in [2.05, 4.69) is 73.7 Å². The Labute approximate surface area is 153 Å². The molecule has 0 aliphatic heterocycles. The first kappa shape index (κ1) is 21.7. The van der Waals surface area contributed by atoms with Crippen molar-refractivity contribution in [2.75, 3.05) is 6.61 Å². The minimum atomic E-state index is -1.68. The molecule has 0 radical (unpaired) electrons. The predicted molar refractivity (Wildman–Crippen MR) is 111 cm³/mol. The van der Waals surface area contributed by atoms with Gasteiger partial charge in [0.1, 0.15) is 0 Å². The molecule has 0 spiro atoms. The maximum Gasteiger partial charge on any atom is 0.192 e. The minimum absolute atomic E-state index is 0.131. The number of hydrogen-bond donors (Lipinski definition) is 0. The lowest BCUT2D eigenvalue weighted by Gasteiger charge is -2.43. The molecule has 0 N–H and O–H groups in total. The van der Waals surface area contributed by atoms with Gasteiger partial charge in [0.05, 0.1) is 0 Å². The molecule has 2 atom stereocenters. The zero-order valence-corrected chi connectivity index (χ0v) is 18.9. The smallest absolute Gasteiger partial charge is 0.192 e. The molecule has 0 heterocycles. The fourth-order valence-corrected chi connectivity index (χ4v) is 4.19. The maximum absolute atomic E-state index is 6.57. The summed E-state index contributed by atoms with van der Waals surface area (Å²) in [6, 6.07) is 0. The van der Waals surface area contributed by atoms with Gasteiger partial charge in [-0.05, 0) is 49.4 Å². The van der Waals surface area contributed by atoms with Crippen LogP contribution in [-0.2, 0) is 4.43 Å². The molecule has 0 aromatic heterocycles. The number of hydrogen-bond acceptors (Lipinski definition) is 1. The summed E-state index contributed by atoms with van der Waals surface area (Å²) in [4.78, 5) is 0. The third-order valence-corrected chi connectivity index (χ3v) is 11.1. The molecule has 1 aliphatic rings. The molecule has 0 saturated heterocycles. The largest absolute Gasteiger partial charge is 0.416 e. The van der Waals surface area contributed by atoms with Gasteiger partial charge in [0.2, 0.25) is 0 Å². The van der Waals surface area contributed by atoms with Crippen molar-refractivity contribution < 1.29 is 4.43 Å². The highest BCUT2D eigenvalue weighted by Gasteiger charge is 2.41. The van der Waals surface area contributed by atoms with Crippen molar-refractivity contribution in [2.24, 2.45) is 11.3 Å². The molecule has 1 nitrogen and oxygen atoms in total. The van der Waals surface area contributed by atoms with Gasteiger partial charge in [0.25, 0.3) is 0 Å². The molecule has 0 bridgehead atoms. The van der Waals surface area contributed by atoms with E-state index in [9.17, 15) is 0 Å². The molecule has 0 amide bonds. The molecule has 2 heteroatoms. The molecular weight excluding hydrogens is 308 g/mol. The van der Waals surface area contributed by atoms with Gasteiger partial charge in [0.15, 0.2) is 8.32 Å². The highest BCUT2D eigenvalue weighted by Crippen LogP contribution is 2.43. The molecule has 0 saturated carbocycles. The minimum Gasteiger partial charge on any atom is -0.416 e. The van der Waals surface area contributed by atoms with E-state index in [-0.39, 0.29) is 10.5 Å². The zero-order valence-electron chi connectivity index (χ0n) is 17.9. The van der Waals surface area contributed by atoms with Crippen LogP contribution in [0.4, 0.5) is 0 Å². The molecular formula is C22H42OSi. The Kier molecular flexibility index (Phi) is 7.56. The van der Waals surface area contributed by atoms with E-state index >= 15 is 0 Å². The Morgan fingerprint density at radius 1 is 1.17 bits per heavy atom. The third kappa shape index (κ3) is 5.33. The van der Waals surface area contributed by atoms with Crippen LogP contribution in [0.1, 0.15) is 80.6 Å². The highest BCUT2D eigenvalue weighted by atomic mass is 28.4. The zero-order chi connectivity index (χ0) is 18.6. The first-order chi connectivity index (χ1) is 10.9. The second kappa shape index (κ2) is 8.36. The average molecular weight is 351 g/mol. The fourth-order valence-electron chi connectivity index (χ4n) is 3.09. The van der Waals surface area contributed by atoms with Crippen LogP contribution in [-0.4, -0.2) is 14.9 Å². The van der Waals surface area contributed by atoms with Gasteiger partial charge in [-0.15, -0.1) is 0 Å². The molecule has 0 unspecified atom stereocenters. The van der Waals surface area contributed by atoms with Gasteiger partial charge >= 0.3 is 0 Å².